The van der Waals surface area contributed by atoms with Gasteiger partial charge in [-0.3, -0.25) is 0 Å². The lowest BCUT2D eigenvalue weighted by Gasteiger charge is -2.20. The van der Waals surface area contributed by atoms with Crippen molar-refractivity contribution in [2.24, 2.45) is 0 Å². The van der Waals surface area contributed by atoms with E-state index < -0.39 is 11.7 Å². The summed E-state index contributed by atoms with van der Waals surface area (Å²) in [5.74, 6) is 0.622. The fraction of sp³-hybridized carbons (Fsp3) is 0.500. The Morgan fingerprint density at radius 2 is 1.91 bits per heavy atom. The molecule has 0 amide bonds. The van der Waals surface area contributed by atoms with Gasteiger partial charge in [0.15, 0.2) is 5.82 Å². The quantitative estimate of drug-likeness (QED) is 0.933. The van der Waals surface area contributed by atoms with E-state index in [1.54, 1.807) is 6.20 Å². The third kappa shape index (κ3) is 3.39. The number of aliphatic hydroxyl groups excluding tert-OH is 1. The minimum absolute atomic E-state index is 0.132. The van der Waals surface area contributed by atoms with Crippen LogP contribution in [-0.2, 0) is 12.8 Å². The highest BCUT2D eigenvalue weighted by Crippen LogP contribution is 2.34. The van der Waals surface area contributed by atoms with Crippen LogP contribution >= 0.6 is 0 Å². The zero-order valence-electron chi connectivity index (χ0n) is 12.6. The van der Waals surface area contributed by atoms with Gasteiger partial charge in [0.1, 0.15) is 0 Å². The minimum Gasteiger partial charge on any atom is -0.392 e. The van der Waals surface area contributed by atoms with Crippen LogP contribution in [0.3, 0.4) is 0 Å². The lowest BCUT2D eigenvalue weighted by atomic mass is 9.86. The van der Waals surface area contributed by atoms with Crippen LogP contribution in [0.15, 0.2) is 24.5 Å². The van der Waals surface area contributed by atoms with Crippen LogP contribution in [0.1, 0.15) is 54.8 Å². The fourth-order valence-electron chi connectivity index (χ4n) is 3.07. The SMILES string of the molecule is OCc1cn(-c2ccc(C(F)(F)F)cn2)nc1C1CCCCC1. The van der Waals surface area contributed by atoms with Crippen molar-refractivity contribution in [3.63, 3.8) is 0 Å². The molecule has 23 heavy (non-hydrogen) atoms. The second-order valence-corrected chi connectivity index (χ2v) is 5.88. The fourth-order valence-corrected chi connectivity index (χ4v) is 3.07. The van der Waals surface area contributed by atoms with Crippen molar-refractivity contribution in [3.05, 3.63) is 41.3 Å². The molecule has 124 valence electrons. The molecule has 1 saturated carbocycles. The van der Waals surface area contributed by atoms with E-state index in [-0.39, 0.29) is 6.61 Å². The van der Waals surface area contributed by atoms with Crippen molar-refractivity contribution in [3.8, 4) is 5.82 Å². The Kier molecular flexibility index (Phi) is 4.39. The summed E-state index contributed by atoms with van der Waals surface area (Å²) in [6, 6.07) is 2.28. The number of aromatic nitrogens is 3. The van der Waals surface area contributed by atoms with Gasteiger partial charge in [0.25, 0.3) is 0 Å². The Bertz CT molecular complexity index is 658. The number of hydrogen-bond donors (Lipinski definition) is 1. The molecule has 0 bridgehead atoms. The topological polar surface area (TPSA) is 50.9 Å². The Morgan fingerprint density at radius 3 is 2.48 bits per heavy atom. The zero-order valence-corrected chi connectivity index (χ0v) is 12.6. The molecule has 0 atom stereocenters. The van der Waals surface area contributed by atoms with Gasteiger partial charge in [-0.25, -0.2) is 9.67 Å². The van der Waals surface area contributed by atoms with Crippen LogP contribution < -0.4 is 0 Å². The summed E-state index contributed by atoms with van der Waals surface area (Å²) in [4.78, 5) is 3.85. The maximum absolute atomic E-state index is 12.6. The highest BCUT2D eigenvalue weighted by Gasteiger charge is 2.31. The molecule has 4 nitrogen and oxygen atoms in total. The van der Waals surface area contributed by atoms with E-state index >= 15 is 0 Å². The predicted octanol–water partition coefficient (Wildman–Crippen LogP) is 3.83. The Hall–Kier alpha value is -1.89. The average molecular weight is 325 g/mol. The molecule has 1 N–H and O–H groups in total. The molecule has 2 aromatic rings. The average Bonchev–Trinajstić information content (AvgIpc) is 2.99. The van der Waals surface area contributed by atoms with Crippen LogP contribution in [0.4, 0.5) is 13.2 Å². The zero-order chi connectivity index (χ0) is 16.4. The van der Waals surface area contributed by atoms with Crippen molar-refractivity contribution < 1.29 is 18.3 Å². The summed E-state index contributed by atoms with van der Waals surface area (Å²) in [6.45, 7) is -0.132. The van der Waals surface area contributed by atoms with Crippen molar-refractivity contribution in [2.45, 2.75) is 50.8 Å². The van der Waals surface area contributed by atoms with Crippen molar-refractivity contribution in [2.75, 3.05) is 0 Å². The standard InChI is InChI=1S/C16H18F3N3O/c17-16(18,19)13-6-7-14(20-8-13)22-9-12(10-23)15(21-22)11-4-2-1-3-5-11/h6-9,11,23H,1-5,10H2. The number of halogens is 3. The molecule has 0 radical (unpaired) electrons. The van der Waals surface area contributed by atoms with E-state index in [1.807, 2.05) is 0 Å². The molecule has 2 aromatic heterocycles. The lowest BCUT2D eigenvalue weighted by molar-refractivity contribution is -0.137. The summed E-state index contributed by atoms with van der Waals surface area (Å²) in [7, 11) is 0. The van der Waals surface area contributed by atoms with Crippen molar-refractivity contribution >= 4 is 0 Å². The molecular formula is C16H18F3N3O. The molecule has 2 heterocycles. The molecule has 0 spiro atoms. The van der Waals surface area contributed by atoms with Gasteiger partial charge in [-0.1, -0.05) is 19.3 Å². The molecule has 1 aliphatic rings. The number of rotatable bonds is 3. The maximum Gasteiger partial charge on any atom is 0.417 e. The number of nitrogens with zero attached hydrogens (tertiary/aromatic N) is 3. The van der Waals surface area contributed by atoms with Gasteiger partial charge in [-0.15, -0.1) is 0 Å². The summed E-state index contributed by atoms with van der Waals surface area (Å²) < 4.78 is 39.2. The van der Waals surface area contributed by atoms with Gasteiger partial charge in [0.05, 0.1) is 17.9 Å². The van der Waals surface area contributed by atoms with E-state index in [1.165, 1.54) is 17.2 Å². The van der Waals surface area contributed by atoms with Gasteiger partial charge in [0, 0.05) is 23.9 Å². The highest BCUT2D eigenvalue weighted by atomic mass is 19.4. The Morgan fingerprint density at radius 1 is 1.17 bits per heavy atom. The van der Waals surface area contributed by atoms with Gasteiger partial charge in [0.2, 0.25) is 0 Å². The third-order valence-electron chi connectivity index (χ3n) is 4.29. The first kappa shape index (κ1) is 16.0. The van der Waals surface area contributed by atoms with Crippen molar-refractivity contribution in [1.82, 2.24) is 14.8 Å². The van der Waals surface area contributed by atoms with Crippen molar-refractivity contribution in [1.29, 1.82) is 0 Å². The molecular weight excluding hydrogens is 307 g/mol. The smallest absolute Gasteiger partial charge is 0.392 e. The molecule has 0 saturated heterocycles. The van der Waals surface area contributed by atoms with Gasteiger partial charge in [-0.05, 0) is 25.0 Å². The van der Waals surface area contributed by atoms with Gasteiger partial charge >= 0.3 is 6.18 Å². The Labute approximate surface area is 132 Å². The monoisotopic (exact) mass is 325 g/mol. The first-order chi connectivity index (χ1) is 11.0. The van der Waals surface area contributed by atoms with E-state index in [2.05, 4.69) is 10.1 Å². The van der Waals surface area contributed by atoms with Crippen LogP contribution in [0.2, 0.25) is 0 Å². The van der Waals surface area contributed by atoms with E-state index in [0.29, 0.717) is 11.7 Å². The first-order valence-electron chi connectivity index (χ1n) is 7.72. The summed E-state index contributed by atoms with van der Waals surface area (Å²) in [5.41, 5.74) is 0.774. The minimum atomic E-state index is -4.40. The first-order valence-corrected chi connectivity index (χ1v) is 7.72. The number of hydrogen-bond acceptors (Lipinski definition) is 3. The normalized spacial score (nSPS) is 16.7. The summed E-state index contributed by atoms with van der Waals surface area (Å²) in [6.07, 6.45) is 3.61. The third-order valence-corrected chi connectivity index (χ3v) is 4.29. The molecule has 0 unspecified atom stereocenters. The molecule has 1 aliphatic carbocycles. The van der Waals surface area contributed by atoms with Gasteiger partial charge in [-0.2, -0.15) is 18.3 Å². The molecule has 3 rings (SSSR count). The van der Waals surface area contributed by atoms with Gasteiger partial charge < -0.3 is 5.11 Å². The van der Waals surface area contributed by atoms with Crippen LogP contribution in [-0.4, -0.2) is 19.9 Å². The number of alkyl halides is 3. The second-order valence-electron chi connectivity index (χ2n) is 5.88. The number of pyridine rings is 1. The predicted molar refractivity (Wildman–Crippen MR) is 78.1 cm³/mol. The van der Waals surface area contributed by atoms with E-state index in [9.17, 15) is 18.3 Å². The maximum atomic E-state index is 12.6. The summed E-state index contributed by atoms with van der Waals surface area (Å²) in [5, 5.41) is 14.0. The molecule has 0 aliphatic heterocycles. The van der Waals surface area contributed by atoms with Crippen LogP contribution in [0.25, 0.3) is 5.82 Å². The number of aliphatic hydroxyl groups is 1. The van der Waals surface area contributed by atoms with E-state index in [0.717, 1.165) is 49.2 Å². The largest absolute Gasteiger partial charge is 0.417 e. The molecule has 1 fully saturated rings. The lowest BCUT2D eigenvalue weighted by Crippen LogP contribution is -2.09. The highest BCUT2D eigenvalue weighted by molar-refractivity contribution is 5.30. The second kappa shape index (κ2) is 6.31. The molecule has 7 heteroatoms. The van der Waals surface area contributed by atoms with E-state index in [4.69, 9.17) is 0 Å². The molecule has 0 aromatic carbocycles. The van der Waals surface area contributed by atoms with Crippen LogP contribution in [0, 0.1) is 0 Å². The summed E-state index contributed by atoms with van der Waals surface area (Å²) >= 11 is 0. The Balaban J connectivity index is 1.89. The van der Waals surface area contributed by atoms with Crippen LogP contribution in [0.5, 0.6) is 0 Å².